The first-order chi connectivity index (χ1) is 7.18. The van der Waals surface area contributed by atoms with E-state index in [1.807, 2.05) is 17.5 Å². The summed E-state index contributed by atoms with van der Waals surface area (Å²) in [6.45, 7) is 0. The zero-order valence-electron chi connectivity index (χ0n) is 7.85. The van der Waals surface area contributed by atoms with Crippen molar-refractivity contribution < 1.29 is 9.50 Å². The highest BCUT2D eigenvalue weighted by Gasteiger charge is 2.14. The molecule has 3 N–H and O–H groups in total. The molecule has 1 atom stereocenters. The van der Waals surface area contributed by atoms with Crippen LogP contribution >= 0.6 is 11.3 Å². The molecule has 0 amide bonds. The SMILES string of the molecule is N[C@@H](c1cccs1)c1ccc(O)cc1F. The zero-order chi connectivity index (χ0) is 10.8. The number of aromatic hydroxyl groups is 1. The molecular weight excluding hydrogens is 213 g/mol. The molecule has 4 heteroatoms. The van der Waals surface area contributed by atoms with Crippen molar-refractivity contribution >= 4 is 11.3 Å². The number of hydrogen-bond acceptors (Lipinski definition) is 3. The number of phenolic OH excluding ortho intramolecular Hbond substituents is 1. The Bertz CT molecular complexity index is 456. The molecule has 1 heterocycles. The lowest BCUT2D eigenvalue weighted by molar-refractivity contribution is 0.467. The lowest BCUT2D eigenvalue weighted by atomic mass is 10.1. The van der Waals surface area contributed by atoms with Crippen molar-refractivity contribution in [3.05, 3.63) is 52.0 Å². The second-order valence-corrected chi connectivity index (χ2v) is 4.18. The Kier molecular flexibility index (Phi) is 2.70. The molecule has 0 aliphatic heterocycles. The van der Waals surface area contributed by atoms with Gasteiger partial charge < -0.3 is 10.8 Å². The van der Waals surface area contributed by atoms with E-state index in [9.17, 15) is 4.39 Å². The molecule has 0 fully saturated rings. The molecule has 0 unspecified atom stereocenters. The van der Waals surface area contributed by atoms with Crippen LogP contribution in [0.3, 0.4) is 0 Å². The number of hydrogen-bond donors (Lipinski definition) is 2. The van der Waals surface area contributed by atoms with Crippen LogP contribution in [0.4, 0.5) is 4.39 Å². The summed E-state index contributed by atoms with van der Waals surface area (Å²) in [6.07, 6.45) is 0. The van der Waals surface area contributed by atoms with E-state index in [2.05, 4.69) is 0 Å². The van der Waals surface area contributed by atoms with E-state index in [4.69, 9.17) is 10.8 Å². The van der Waals surface area contributed by atoms with Crippen LogP contribution in [0.15, 0.2) is 35.7 Å². The second-order valence-electron chi connectivity index (χ2n) is 3.20. The van der Waals surface area contributed by atoms with Gasteiger partial charge in [0.1, 0.15) is 11.6 Å². The molecule has 78 valence electrons. The van der Waals surface area contributed by atoms with Gasteiger partial charge >= 0.3 is 0 Å². The fourth-order valence-electron chi connectivity index (χ4n) is 1.39. The minimum atomic E-state index is -0.476. The van der Waals surface area contributed by atoms with Crippen molar-refractivity contribution in [1.82, 2.24) is 0 Å². The standard InChI is InChI=1S/C11H10FNOS/c12-9-6-7(14)3-4-8(9)11(13)10-2-1-5-15-10/h1-6,11,14H,13H2/t11-/m1/s1. The molecule has 2 rings (SSSR count). The van der Waals surface area contributed by atoms with E-state index in [1.165, 1.54) is 23.5 Å². The molecule has 15 heavy (non-hydrogen) atoms. The monoisotopic (exact) mass is 223 g/mol. The first-order valence-electron chi connectivity index (χ1n) is 4.46. The van der Waals surface area contributed by atoms with Crippen LogP contribution in [0.1, 0.15) is 16.5 Å². The third kappa shape index (κ3) is 2.00. The van der Waals surface area contributed by atoms with Gasteiger partial charge in [0.25, 0.3) is 0 Å². The average molecular weight is 223 g/mol. The van der Waals surface area contributed by atoms with Crippen LogP contribution in [0, 0.1) is 5.82 Å². The molecule has 0 bridgehead atoms. The van der Waals surface area contributed by atoms with Gasteiger partial charge in [0.15, 0.2) is 0 Å². The minimum Gasteiger partial charge on any atom is -0.508 e. The van der Waals surface area contributed by atoms with Gasteiger partial charge in [-0.25, -0.2) is 4.39 Å². The Morgan fingerprint density at radius 3 is 2.73 bits per heavy atom. The highest BCUT2D eigenvalue weighted by Crippen LogP contribution is 2.27. The van der Waals surface area contributed by atoms with Gasteiger partial charge in [-0.1, -0.05) is 12.1 Å². The third-order valence-corrected chi connectivity index (χ3v) is 3.12. The lowest BCUT2D eigenvalue weighted by Gasteiger charge is -2.11. The van der Waals surface area contributed by atoms with Crippen LogP contribution in [0.5, 0.6) is 5.75 Å². The van der Waals surface area contributed by atoms with Crippen LogP contribution in [-0.4, -0.2) is 5.11 Å². The summed E-state index contributed by atoms with van der Waals surface area (Å²) in [7, 11) is 0. The number of rotatable bonds is 2. The molecule has 0 saturated heterocycles. The lowest BCUT2D eigenvalue weighted by Crippen LogP contribution is -2.11. The Balaban J connectivity index is 2.38. The Morgan fingerprint density at radius 1 is 1.33 bits per heavy atom. The minimum absolute atomic E-state index is 0.0883. The molecule has 2 nitrogen and oxygen atoms in total. The van der Waals surface area contributed by atoms with E-state index < -0.39 is 11.9 Å². The highest BCUT2D eigenvalue weighted by atomic mass is 32.1. The predicted octanol–water partition coefficient (Wildman–Crippen LogP) is 2.64. The summed E-state index contributed by atoms with van der Waals surface area (Å²) >= 11 is 1.48. The summed E-state index contributed by atoms with van der Waals surface area (Å²) in [5.74, 6) is -0.564. The van der Waals surface area contributed by atoms with E-state index >= 15 is 0 Å². The zero-order valence-corrected chi connectivity index (χ0v) is 8.67. The molecular formula is C11H10FNOS. The van der Waals surface area contributed by atoms with Gasteiger partial charge in [-0.15, -0.1) is 11.3 Å². The molecule has 0 saturated carbocycles. The van der Waals surface area contributed by atoms with E-state index in [1.54, 1.807) is 0 Å². The molecule has 0 radical (unpaired) electrons. The topological polar surface area (TPSA) is 46.2 Å². The summed E-state index contributed by atoms with van der Waals surface area (Å²) in [6, 6.07) is 7.29. The van der Waals surface area contributed by atoms with Crippen LogP contribution < -0.4 is 5.73 Å². The number of benzene rings is 1. The quantitative estimate of drug-likeness (QED) is 0.822. The smallest absolute Gasteiger partial charge is 0.132 e. The van der Waals surface area contributed by atoms with Crippen molar-refractivity contribution in [3.63, 3.8) is 0 Å². The molecule has 1 aromatic carbocycles. The summed E-state index contributed by atoms with van der Waals surface area (Å²) in [5, 5.41) is 11.0. The van der Waals surface area contributed by atoms with Crippen molar-refractivity contribution in [2.45, 2.75) is 6.04 Å². The van der Waals surface area contributed by atoms with E-state index in [0.717, 1.165) is 10.9 Å². The summed E-state index contributed by atoms with van der Waals surface area (Å²) in [4.78, 5) is 0.902. The molecule has 0 aliphatic carbocycles. The summed E-state index contributed by atoms with van der Waals surface area (Å²) in [5.41, 5.74) is 6.30. The Morgan fingerprint density at radius 2 is 2.13 bits per heavy atom. The Labute approximate surface area is 90.8 Å². The van der Waals surface area contributed by atoms with Gasteiger partial charge in [-0.3, -0.25) is 0 Å². The molecule has 1 aromatic heterocycles. The summed E-state index contributed by atoms with van der Waals surface area (Å²) < 4.78 is 13.5. The number of halogens is 1. The van der Waals surface area contributed by atoms with E-state index in [0.29, 0.717) is 5.56 Å². The molecule has 0 aliphatic rings. The van der Waals surface area contributed by atoms with Gasteiger partial charge in [0, 0.05) is 16.5 Å². The second kappa shape index (κ2) is 4.00. The first-order valence-corrected chi connectivity index (χ1v) is 5.34. The first kappa shape index (κ1) is 10.1. The third-order valence-electron chi connectivity index (χ3n) is 2.17. The maximum absolute atomic E-state index is 13.5. The fourth-order valence-corrected chi connectivity index (χ4v) is 2.13. The fraction of sp³-hybridized carbons (Fsp3) is 0.0909. The van der Waals surface area contributed by atoms with Gasteiger partial charge in [-0.2, -0.15) is 0 Å². The van der Waals surface area contributed by atoms with Crippen molar-refractivity contribution in [1.29, 1.82) is 0 Å². The number of phenols is 1. The number of nitrogens with two attached hydrogens (primary N) is 1. The van der Waals surface area contributed by atoms with Crippen LogP contribution in [-0.2, 0) is 0 Å². The van der Waals surface area contributed by atoms with E-state index in [-0.39, 0.29) is 5.75 Å². The highest BCUT2D eigenvalue weighted by molar-refractivity contribution is 7.10. The average Bonchev–Trinajstić information content (AvgIpc) is 2.69. The van der Waals surface area contributed by atoms with Gasteiger partial charge in [0.2, 0.25) is 0 Å². The Hall–Kier alpha value is -1.39. The molecule has 2 aromatic rings. The molecule has 0 spiro atoms. The van der Waals surface area contributed by atoms with Crippen molar-refractivity contribution in [2.24, 2.45) is 5.73 Å². The normalized spacial score (nSPS) is 12.7. The van der Waals surface area contributed by atoms with Gasteiger partial charge in [-0.05, 0) is 17.5 Å². The van der Waals surface area contributed by atoms with Crippen LogP contribution in [0.2, 0.25) is 0 Å². The van der Waals surface area contributed by atoms with Crippen molar-refractivity contribution in [3.8, 4) is 5.75 Å². The van der Waals surface area contributed by atoms with Gasteiger partial charge in [0.05, 0.1) is 6.04 Å². The number of thiophene rings is 1. The predicted molar refractivity (Wildman–Crippen MR) is 58.4 cm³/mol. The maximum Gasteiger partial charge on any atom is 0.132 e. The van der Waals surface area contributed by atoms with Crippen molar-refractivity contribution in [2.75, 3.05) is 0 Å². The largest absolute Gasteiger partial charge is 0.508 e. The van der Waals surface area contributed by atoms with Crippen LogP contribution in [0.25, 0.3) is 0 Å². The maximum atomic E-state index is 13.5.